The Morgan fingerprint density at radius 2 is 1.74 bits per heavy atom. The predicted molar refractivity (Wildman–Crippen MR) is 75.8 cm³/mol. The van der Waals surface area contributed by atoms with Crippen molar-refractivity contribution in [1.29, 1.82) is 0 Å². The summed E-state index contributed by atoms with van der Waals surface area (Å²) in [5, 5.41) is 2.84. The number of carbonyl (C=O) groups excluding carboxylic acids is 1. The SMILES string of the molecule is CCC(=O)Nc1ccc(C[n+]2ccc(C)cc2)cc1. The average molecular weight is 255 g/mol. The largest absolute Gasteiger partial charge is 0.326 e. The van der Waals surface area contributed by atoms with Crippen molar-refractivity contribution in [2.24, 2.45) is 0 Å². The van der Waals surface area contributed by atoms with Gasteiger partial charge in [-0.25, -0.2) is 4.57 Å². The molecule has 0 saturated heterocycles. The van der Waals surface area contributed by atoms with Gasteiger partial charge in [0.2, 0.25) is 5.91 Å². The van der Waals surface area contributed by atoms with E-state index in [1.807, 2.05) is 31.2 Å². The third kappa shape index (κ3) is 3.91. The number of hydrogen-bond acceptors (Lipinski definition) is 1. The smallest absolute Gasteiger partial charge is 0.224 e. The topological polar surface area (TPSA) is 33.0 Å². The normalized spacial score (nSPS) is 10.2. The van der Waals surface area contributed by atoms with Crippen molar-refractivity contribution in [3.05, 3.63) is 59.9 Å². The van der Waals surface area contributed by atoms with E-state index >= 15 is 0 Å². The molecule has 0 spiro atoms. The molecule has 1 aromatic heterocycles. The van der Waals surface area contributed by atoms with Gasteiger partial charge in [-0.15, -0.1) is 0 Å². The summed E-state index contributed by atoms with van der Waals surface area (Å²) >= 11 is 0. The van der Waals surface area contributed by atoms with Crippen molar-refractivity contribution in [3.63, 3.8) is 0 Å². The van der Waals surface area contributed by atoms with Crippen molar-refractivity contribution in [1.82, 2.24) is 0 Å². The highest BCUT2D eigenvalue weighted by molar-refractivity contribution is 5.90. The molecule has 3 heteroatoms. The van der Waals surface area contributed by atoms with E-state index in [-0.39, 0.29) is 5.91 Å². The van der Waals surface area contributed by atoms with E-state index in [1.165, 1.54) is 11.1 Å². The first-order valence-electron chi connectivity index (χ1n) is 6.52. The maximum atomic E-state index is 11.3. The molecule has 0 atom stereocenters. The Balaban J connectivity index is 2.02. The number of carbonyl (C=O) groups is 1. The number of pyridine rings is 1. The number of anilines is 1. The van der Waals surface area contributed by atoms with Crippen LogP contribution in [0.3, 0.4) is 0 Å². The third-order valence-electron chi connectivity index (χ3n) is 2.98. The molecule has 0 aliphatic carbocycles. The quantitative estimate of drug-likeness (QED) is 0.837. The van der Waals surface area contributed by atoms with Gasteiger partial charge in [0.15, 0.2) is 18.9 Å². The first-order valence-corrected chi connectivity index (χ1v) is 6.52. The van der Waals surface area contributed by atoms with Crippen LogP contribution in [0.2, 0.25) is 0 Å². The van der Waals surface area contributed by atoms with Gasteiger partial charge in [0.1, 0.15) is 0 Å². The first kappa shape index (κ1) is 13.3. The molecule has 0 aliphatic rings. The van der Waals surface area contributed by atoms with E-state index in [2.05, 4.69) is 41.3 Å². The Morgan fingerprint density at radius 1 is 1.11 bits per heavy atom. The zero-order valence-electron chi connectivity index (χ0n) is 11.4. The zero-order chi connectivity index (χ0) is 13.7. The maximum absolute atomic E-state index is 11.3. The van der Waals surface area contributed by atoms with Crippen molar-refractivity contribution < 1.29 is 9.36 Å². The van der Waals surface area contributed by atoms with Crippen LogP contribution in [0.1, 0.15) is 24.5 Å². The number of amides is 1. The van der Waals surface area contributed by atoms with Gasteiger partial charge in [-0.2, -0.15) is 0 Å². The molecule has 1 N–H and O–H groups in total. The van der Waals surface area contributed by atoms with Crippen LogP contribution < -0.4 is 9.88 Å². The summed E-state index contributed by atoms with van der Waals surface area (Å²) < 4.78 is 2.13. The predicted octanol–water partition coefficient (Wildman–Crippen LogP) is 2.68. The number of nitrogens with one attached hydrogen (secondary N) is 1. The lowest BCUT2D eigenvalue weighted by molar-refractivity contribution is -0.688. The van der Waals surface area contributed by atoms with Gasteiger partial charge in [-0.3, -0.25) is 4.79 Å². The summed E-state index contributed by atoms with van der Waals surface area (Å²) in [7, 11) is 0. The minimum absolute atomic E-state index is 0.0423. The summed E-state index contributed by atoms with van der Waals surface area (Å²) in [6.45, 7) is 4.76. The molecule has 0 unspecified atom stereocenters. The molecule has 1 aromatic carbocycles. The van der Waals surface area contributed by atoms with Crippen LogP contribution in [0.25, 0.3) is 0 Å². The van der Waals surface area contributed by atoms with Gasteiger partial charge < -0.3 is 5.32 Å². The molecule has 0 fully saturated rings. The Labute approximate surface area is 113 Å². The highest BCUT2D eigenvalue weighted by atomic mass is 16.1. The second kappa shape index (κ2) is 6.14. The van der Waals surface area contributed by atoms with E-state index in [9.17, 15) is 4.79 Å². The van der Waals surface area contributed by atoms with Gasteiger partial charge >= 0.3 is 0 Å². The lowest BCUT2D eigenvalue weighted by Gasteiger charge is -2.04. The summed E-state index contributed by atoms with van der Waals surface area (Å²) in [4.78, 5) is 11.3. The number of aryl methyl sites for hydroxylation is 1. The van der Waals surface area contributed by atoms with E-state index in [0.717, 1.165) is 12.2 Å². The second-order valence-electron chi connectivity index (χ2n) is 4.65. The molecular formula is C16H19N2O+. The molecule has 0 aliphatic heterocycles. The van der Waals surface area contributed by atoms with Gasteiger partial charge in [0, 0.05) is 29.8 Å². The summed E-state index contributed by atoms with van der Waals surface area (Å²) in [6.07, 6.45) is 4.64. The van der Waals surface area contributed by atoms with Crippen LogP contribution in [0.5, 0.6) is 0 Å². The summed E-state index contributed by atoms with van der Waals surface area (Å²) in [5.74, 6) is 0.0423. The number of rotatable bonds is 4. The molecule has 0 saturated carbocycles. The Hall–Kier alpha value is -2.16. The van der Waals surface area contributed by atoms with Gasteiger partial charge in [0.05, 0.1) is 0 Å². The van der Waals surface area contributed by atoms with Crippen LogP contribution in [-0.4, -0.2) is 5.91 Å². The number of nitrogens with zero attached hydrogens (tertiary/aromatic N) is 1. The Bertz CT molecular complexity index is 544. The van der Waals surface area contributed by atoms with Crippen LogP contribution in [-0.2, 0) is 11.3 Å². The zero-order valence-corrected chi connectivity index (χ0v) is 11.4. The maximum Gasteiger partial charge on any atom is 0.224 e. The van der Waals surface area contributed by atoms with Gasteiger partial charge in [-0.1, -0.05) is 19.1 Å². The molecule has 19 heavy (non-hydrogen) atoms. The third-order valence-corrected chi connectivity index (χ3v) is 2.98. The molecule has 1 amide bonds. The fourth-order valence-corrected chi connectivity index (χ4v) is 1.79. The molecule has 0 bridgehead atoms. The molecule has 0 radical (unpaired) electrons. The Kier molecular flexibility index (Phi) is 4.29. The van der Waals surface area contributed by atoms with Crippen molar-refractivity contribution in [3.8, 4) is 0 Å². The Morgan fingerprint density at radius 3 is 2.32 bits per heavy atom. The fourth-order valence-electron chi connectivity index (χ4n) is 1.79. The monoisotopic (exact) mass is 255 g/mol. The molecule has 3 nitrogen and oxygen atoms in total. The van der Waals surface area contributed by atoms with Gasteiger partial charge in [0.25, 0.3) is 0 Å². The van der Waals surface area contributed by atoms with E-state index in [0.29, 0.717) is 6.42 Å². The number of aromatic nitrogens is 1. The number of hydrogen-bond donors (Lipinski definition) is 1. The minimum atomic E-state index is 0.0423. The van der Waals surface area contributed by atoms with Crippen molar-refractivity contribution >= 4 is 11.6 Å². The lowest BCUT2D eigenvalue weighted by Crippen LogP contribution is -2.33. The second-order valence-corrected chi connectivity index (χ2v) is 4.65. The van der Waals surface area contributed by atoms with E-state index in [4.69, 9.17) is 0 Å². The van der Waals surface area contributed by atoms with Gasteiger partial charge in [-0.05, 0) is 24.6 Å². The van der Waals surface area contributed by atoms with E-state index in [1.54, 1.807) is 0 Å². The molecular weight excluding hydrogens is 236 g/mol. The highest BCUT2D eigenvalue weighted by Crippen LogP contribution is 2.09. The molecule has 2 rings (SSSR count). The summed E-state index contributed by atoms with van der Waals surface area (Å²) in [5.41, 5.74) is 3.32. The van der Waals surface area contributed by atoms with Crippen LogP contribution in [0.4, 0.5) is 5.69 Å². The molecule has 98 valence electrons. The minimum Gasteiger partial charge on any atom is -0.326 e. The van der Waals surface area contributed by atoms with Crippen molar-refractivity contribution in [2.75, 3.05) is 5.32 Å². The van der Waals surface area contributed by atoms with Crippen LogP contribution in [0, 0.1) is 6.92 Å². The highest BCUT2D eigenvalue weighted by Gasteiger charge is 2.03. The van der Waals surface area contributed by atoms with Crippen molar-refractivity contribution in [2.45, 2.75) is 26.8 Å². The number of benzene rings is 1. The average Bonchev–Trinajstić information content (AvgIpc) is 2.43. The fraction of sp³-hybridized carbons (Fsp3) is 0.250. The van der Waals surface area contributed by atoms with Crippen LogP contribution >= 0.6 is 0 Å². The first-order chi connectivity index (χ1) is 9.17. The molecule has 2 aromatic rings. The standard InChI is InChI=1S/C16H18N2O/c1-3-16(19)17-15-6-4-14(5-7-15)12-18-10-8-13(2)9-11-18/h4-11H,3,12H2,1-2H3/p+1. The lowest BCUT2D eigenvalue weighted by atomic mass is 10.2. The van der Waals surface area contributed by atoms with E-state index < -0.39 is 0 Å². The summed E-state index contributed by atoms with van der Waals surface area (Å²) in [6, 6.07) is 12.2. The molecule has 1 heterocycles. The van der Waals surface area contributed by atoms with Crippen LogP contribution in [0.15, 0.2) is 48.8 Å².